The van der Waals surface area contributed by atoms with E-state index in [4.69, 9.17) is 0 Å². The first-order valence-electron chi connectivity index (χ1n) is 11.5. The van der Waals surface area contributed by atoms with Crippen molar-refractivity contribution in [1.29, 1.82) is 0 Å². The molecule has 2 aliphatic rings. The third-order valence-corrected chi connectivity index (χ3v) is 14.2. The summed E-state index contributed by atoms with van der Waals surface area (Å²) >= 11 is 18.9. The molecule has 0 aliphatic heterocycles. The number of hydrogen-bond acceptors (Lipinski definition) is 1. The maximum atomic E-state index is 10.8. The highest BCUT2D eigenvalue weighted by Crippen LogP contribution is 2.56. The molecule has 0 spiro atoms. The second-order valence-electron chi connectivity index (χ2n) is 10.5. The minimum atomic E-state index is 0.126. The molecule has 1 aromatic rings. The number of alkyl halides is 2. The van der Waals surface area contributed by atoms with Gasteiger partial charge in [-0.15, -0.1) is 0 Å². The number of phenols is 1. The van der Waals surface area contributed by atoms with Crippen LogP contribution < -0.4 is 0 Å². The molecule has 0 radical (unpaired) electrons. The summed E-state index contributed by atoms with van der Waals surface area (Å²) in [7, 11) is 0. The van der Waals surface area contributed by atoms with Crippen LogP contribution in [-0.4, -0.2) is 14.8 Å². The molecular weight excluding hydrogens is 949 g/mol. The Morgan fingerprint density at radius 3 is 2.18 bits per heavy atom. The molecule has 0 aromatic heterocycles. The minimum Gasteiger partial charge on any atom is -0.506 e. The number of rotatable bonds is 5. The van der Waals surface area contributed by atoms with E-state index in [2.05, 4.69) is 151 Å². The summed E-state index contributed by atoms with van der Waals surface area (Å²) in [5.74, 6) is 1.40. The van der Waals surface area contributed by atoms with Crippen molar-refractivity contribution in [3.05, 3.63) is 45.1 Å². The average Bonchev–Trinajstić information content (AvgIpc) is 2.76. The van der Waals surface area contributed by atoms with Gasteiger partial charge in [-0.3, -0.25) is 0 Å². The third kappa shape index (κ3) is 6.41. The van der Waals surface area contributed by atoms with Gasteiger partial charge in [0.25, 0.3) is 0 Å². The van der Waals surface area contributed by atoms with E-state index in [1.807, 2.05) is 6.07 Å². The molecule has 2 aliphatic carbocycles. The van der Waals surface area contributed by atoms with Crippen LogP contribution in [0.2, 0.25) is 0 Å². The van der Waals surface area contributed by atoms with E-state index >= 15 is 0 Å². The van der Waals surface area contributed by atoms with Crippen LogP contribution in [0.4, 0.5) is 0 Å². The van der Waals surface area contributed by atoms with Crippen LogP contribution in [0.25, 0.3) is 0 Å². The van der Waals surface area contributed by atoms with E-state index in [1.54, 1.807) is 5.57 Å². The summed E-state index contributed by atoms with van der Waals surface area (Å²) in [6.45, 7) is 7.38. The fourth-order valence-corrected chi connectivity index (χ4v) is 10.4. The Labute approximate surface area is 266 Å². The summed E-state index contributed by atoms with van der Waals surface area (Å²) in [5.41, 5.74) is 4.59. The van der Waals surface area contributed by atoms with E-state index in [-0.39, 0.29) is 10.8 Å². The summed E-state index contributed by atoms with van der Waals surface area (Å²) in [6, 6.07) is 4.14. The molecule has 1 nitrogen and oxygen atoms in total. The molecule has 1 N–H and O–H groups in total. The smallest absolute Gasteiger partial charge is 0.133 e. The Balaban J connectivity index is 1.94. The molecular formula is C26H32Br3I3O. The Bertz CT molecular complexity index is 930. The summed E-state index contributed by atoms with van der Waals surface area (Å²) in [6.07, 6.45) is 7.98. The molecule has 0 unspecified atom stereocenters. The number of aromatic hydroxyl groups is 1. The van der Waals surface area contributed by atoms with Crippen LogP contribution >= 0.6 is 116 Å². The minimum absolute atomic E-state index is 0.126. The Hall–Kier alpha value is 2.13. The van der Waals surface area contributed by atoms with Gasteiger partial charge in [-0.1, -0.05) is 109 Å². The molecule has 7 heteroatoms. The lowest BCUT2D eigenvalue weighted by molar-refractivity contribution is 0.118. The molecule has 2 saturated carbocycles. The first kappa shape index (κ1) is 29.7. The van der Waals surface area contributed by atoms with Crippen molar-refractivity contribution in [3.8, 4) is 5.75 Å². The zero-order valence-corrected chi connectivity index (χ0v) is 30.5. The fraction of sp³-hybridized carbons (Fsp3) is 0.615. The SMILES string of the molecule is CC1(C)[C@H](CC[C@@]2(C)[C@H](Cc3cc(I)cc(Br)c3O)/C(=C/I)CC[C@@H]2Br)/C(=C/I)CC[C@@H]1Br. The van der Waals surface area contributed by atoms with Crippen molar-refractivity contribution in [2.24, 2.45) is 22.7 Å². The number of halogens is 6. The standard InChI is InChI=1S/C26H32Br3I3O/c1-25(2)19(15(13-30)4-6-22(25)28)8-9-26(3)20(16(14-31)5-7-23(26)29)11-17-10-18(32)12-21(27)24(17)33/h10,12-14,19-20,22-23,33H,4-9,11H2,1-3H3/b15-13+,16-14+/t19-,20-,22+,23+,26+/m1/s1. The van der Waals surface area contributed by atoms with Crippen LogP contribution in [0, 0.1) is 26.2 Å². The van der Waals surface area contributed by atoms with Gasteiger partial charge in [0, 0.05) is 13.2 Å². The highest BCUT2D eigenvalue weighted by Gasteiger charge is 2.47. The molecule has 1 aromatic carbocycles. The normalized spacial score (nSPS) is 34.7. The molecule has 2 fully saturated rings. The fourth-order valence-electron chi connectivity index (χ4n) is 5.94. The number of allylic oxidation sites excluding steroid dienone is 2. The van der Waals surface area contributed by atoms with Crippen molar-refractivity contribution in [2.75, 3.05) is 0 Å². The molecule has 0 bridgehead atoms. The van der Waals surface area contributed by atoms with Gasteiger partial charge in [-0.05, 0) is 132 Å². The molecule has 3 rings (SSSR count). The molecule has 0 amide bonds. The lowest BCUT2D eigenvalue weighted by Crippen LogP contribution is -2.44. The summed E-state index contributed by atoms with van der Waals surface area (Å²) in [5, 5.41) is 10.8. The lowest BCUT2D eigenvalue weighted by Gasteiger charge is -2.50. The van der Waals surface area contributed by atoms with Crippen LogP contribution in [-0.2, 0) is 6.42 Å². The Morgan fingerprint density at radius 1 is 1.00 bits per heavy atom. The second-order valence-corrected chi connectivity index (χ2v) is 16.0. The monoisotopic (exact) mass is 978 g/mol. The quantitative estimate of drug-likeness (QED) is 0.230. The Morgan fingerprint density at radius 2 is 1.58 bits per heavy atom. The summed E-state index contributed by atoms with van der Waals surface area (Å²) in [4.78, 5) is 1.04. The van der Waals surface area contributed by atoms with E-state index in [0.29, 0.717) is 27.2 Å². The molecule has 0 heterocycles. The molecule has 5 atom stereocenters. The van der Waals surface area contributed by atoms with Crippen LogP contribution in [0.3, 0.4) is 0 Å². The highest BCUT2D eigenvalue weighted by atomic mass is 127. The average molecular weight is 981 g/mol. The van der Waals surface area contributed by atoms with Crippen molar-refractivity contribution < 1.29 is 5.11 Å². The number of benzene rings is 1. The maximum absolute atomic E-state index is 10.8. The largest absolute Gasteiger partial charge is 0.506 e. The highest BCUT2D eigenvalue weighted by molar-refractivity contribution is 14.1. The number of hydrogen-bond donors (Lipinski definition) is 1. The van der Waals surface area contributed by atoms with Gasteiger partial charge in [0.2, 0.25) is 0 Å². The van der Waals surface area contributed by atoms with E-state index in [9.17, 15) is 5.11 Å². The first-order valence-corrected chi connectivity index (χ1v) is 17.7. The lowest BCUT2D eigenvalue weighted by atomic mass is 9.58. The zero-order chi connectivity index (χ0) is 24.6. The van der Waals surface area contributed by atoms with Crippen LogP contribution in [0.5, 0.6) is 5.75 Å². The van der Waals surface area contributed by atoms with Gasteiger partial charge >= 0.3 is 0 Å². The van der Waals surface area contributed by atoms with E-state index in [0.717, 1.165) is 26.4 Å². The van der Waals surface area contributed by atoms with Crippen molar-refractivity contribution in [3.63, 3.8) is 0 Å². The predicted octanol–water partition coefficient (Wildman–Crippen LogP) is 11.1. The van der Waals surface area contributed by atoms with Crippen molar-refractivity contribution >= 4 is 116 Å². The van der Waals surface area contributed by atoms with Gasteiger partial charge in [0.15, 0.2) is 0 Å². The van der Waals surface area contributed by atoms with E-state index in [1.165, 1.54) is 37.7 Å². The maximum Gasteiger partial charge on any atom is 0.133 e. The first-order chi connectivity index (χ1) is 15.4. The van der Waals surface area contributed by atoms with Gasteiger partial charge in [-0.25, -0.2) is 0 Å². The molecule has 184 valence electrons. The van der Waals surface area contributed by atoms with Gasteiger partial charge in [0.05, 0.1) is 4.47 Å². The Kier molecular flexibility index (Phi) is 11.1. The van der Waals surface area contributed by atoms with Gasteiger partial charge in [-0.2, -0.15) is 0 Å². The molecule has 0 saturated heterocycles. The zero-order valence-electron chi connectivity index (χ0n) is 19.3. The number of phenolic OH excluding ortho intramolecular Hbond substituents is 1. The second kappa shape index (κ2) is 12.3. The third-order valence-electron chi connectivity index (χ3n) is 8.27. The van der Waals surface area contributed by atoms with Crippen LogP contribution in [0.1, 0.15) is 64.9 Å². The topological polar surface area (TPSA) is 20.2 Å². The summed E-state index contributed by atoms with van der Waals surface area (Å²) < 4.78 is 6.62. The van der Waals surface area contributed by atoms with Gasteiger partial charge in [0.1, 0.15) is 5.75 Å². The van der Waals surface area contributed by atoms with Crippen LogP contribution in [0.15, 0.2) is 35.9 Å². The molecule has 33 heavy (non-hydrogen) atoms. The van der Waals surface area contributed by atoms with Crippen molar-refractivity contribution in [2.45, 2.75) is 75.4 Å². The van der Waals surface area contributed by atoms with E-state index < -0.39 is 0 Å². The van der Waals surface area contributed by atoms with Crippen molar-refractivity contribution in [1.82, 2.24) is 0 Å². The van der Waals surface area contributed by atoms with Gasteiger partial charge < -0.3 is 5.11 Å². The predicted molar refractivity (Wildman–Crippen MR) is 178 cm³/mol.